The maximum Gasteiger partial charge on any atom is 0.222 e. The van der Waals surface area contributed by atoms with E-state index in [0.717, 1.165) is 18.9 Å². The first-order valence-corrected chi connectivity index (χ1v) is 5.14. The van der Waals surface area contributed by atoms with Crippen molar-refractivity contribution >= 4 is 5.95 Å². The van der Waals surface area contributed by atoms with Crippen LogP contribution in [0.4, 0.5) is 5.95 Å². The standard InChI is InChI=1S/C11H15N3/c1-2-5-10(4-1)6-9-14-11-12-7-3-8-13-11/h3-4,7-8H,1-2,5-6,9H2,(H,12,13,14). The quantitative estimate of drug-likeness (QED) is 0.739. The van der Waals surface area contributed by atoms with Crippen LogP contribution in [-0.4, -0.2) is 16.5 Å². The Morgan fingerprint density at radius 2 is 2.14 bits per heavy atom. The summed E-state index contributed by atoms with van der Waals surface area (Å²) in [5.41, 5.74) is 1.58. The summed E-state index contributed by atoms with van der Waals surface area (Å²) >= 11 is 0. The zero-order chi connectivity index (χ0) is 9.64. The summed E-state index contributed by atoms with van der Waals surface area (Å²) in [6.45, 7) is 0.940. The monoisotopic (exact) mass is 189 g/mol. The molecular weight excluding hydrogens is 174 g/mol. The van der Waals surface area contributed by atoms with Crippen molar-refractivity contribution in [1.82, 2.24) is 9.97 Å². The molecule has 1 aromatic rings. The molecule has 3 heteroatoms. The van der Waals surface area contributed by atoms with Crippen LogP contribution in [0, 0.1) is 0 Å². The van der Waals surface area contributed by atoms with Gasteiger partial charge in [-0.25, -0.2) is 9.97 Å². The Balaban J connectivity index is 1.73. The maximum atomic E-state index is 4.10. The number of hydrogen-bond donors (Lipinski definition) is 1. The highest BCUT2D eigenvalue weighted by Gasteiger charge is 2.03. The third-order valence-electron chi connectivity index (χ3n) is 2.43. The number of aromatic nitrogens is 2. The normalized spacial score (nSPS) is 15.3. The topological polar surface area (TPSA) is 37.8 Å². The van der Waals surface area contributed by atoms with Gasteiger partial charge in [0.1, 0.15) is 0 Å². The second kappa shape index (κ2) is 4.74. The van der Waals surface area contributed by atoms with Gasteiger partial charge in [-0.3, -0.25) is 0 Å². The van der Waals surface area contributed by atoms with E-state index in [2.05, 4.69) is 21.4 Å². The Bertz CT molecular complexity index is 306. The predicted octanol–water partition coefficient (Wildman–Crippen LogP) is 2.39. The summed E-state index contributed by atoms with van der Waals surface area (Å²) in [6, 6.07) is 1.82. The average molecular weight is 189 g/mol. The Kier molecular flexibility index (Phi) is 3.11. The summed E-state index contributed by atoms with van der Waals surface area (Å²) < 4.78 is 0. The summed E-state index contributed by atoms with van der Waals surface area (Å²) in [6.07, 6.45) is 10.9. The van der Waals surface area contributed by atoms with Crippen LogP contribution in [0.1, 0.15) is 25.7 Å². The van der Waals surface area contributed by atoms with Crippen molar-refractivity contribution in [3.8, 4) is 0 Å². The minimum Gasteiger partial charge on any atom is -0.354 e. The van der Waals surface area contributed by atoms with Gasteiger partial charge >= 0.3 is 0 Å². The van der Waals surface area contributed by atoms with Crippen LogP contribution in [-0.2, 0) is 0 Å². The first-order valence-electron chi connectivity index (χ1n) is 5.14. The first-order chi connectivity index (χ1) is 6.95. The minimum atomic E-state index is 0.728. The molecule has 14 heavy (non-hydrogen) atoms. The smallest absolute Gasteiger partial charge is 0.222 e. The van der Waals surface area contributed by atoms with Gasteiger partial charge in [-0.1, -0.05) is 11.6 Å². The fourth-order valence-corrected chi connectivity index (χ4v) is 1.69. The molecule has 0 fully saturated rings. The van der Waals surface area contributed by atoms with E-state index >= 15 is 0 Å². The van der Waals surface area contributed by atoms with Crippen molar-refractivity contribution in [3.63, 3.8) is 0 Å². The van der Waals surface area contributed by atoms with Gasteiger partial charge < -0.3 is 5.32 Å². The Morgan fingerprint density at radius 3 is 2.86 bits per heavy atom. The van der Waals surface area contributed by atoms with E-state index in [1.54, 1.807) is 18.0 Å². The molecule has 1 heterocycles. The zero-order valence-corrected chi connectivity index (χ0v) is 8.24. The van der Waals surface area contributed by atoms with Gasteiger partial charge in [0.2, 0.25) is 5.95 Å². The van der Waals surface area contributed by atoms with E-state index in [0.29, 0.717) is 0 Å². The molecule has 0 unspecified atom stereocenters. The SMILES string of the molecule is C1=C(CCNc2ncccn2)CCC1. The number of nitrogens with zero attached hydrogens (tertiary/aromatic N) is 2. The molecule has 1 N–H and O–H groups in total. The van der Waals surface area contributed by atoms with E-state index in [4.69, 9.17) is 0 Å². The molecule has 0 saturated carbocycles. The van der Waals surface area contributed by atoms with Crippen LogP contribution >= 0.6 is 0 Å². The van der Waals surface area contributed by atoms with Gasteiger partial charge in [0.05, 0.1) is 0 Å². The van der Waals surface area contributed by atoms with E-state index in [1.807, 2.05) is 6.07 Å². The lowest BCUT2D eigenvalue weighted by atomic mass is 10.2. The summed E-state index contributed by atoms with van der Waals surface area (Å²) in [4.78, 5) is 8.20. The summed E-state index contributed by atoms with van der Waals surface area (Å²) in [7, 11) is 0. The maximum absolute atomic E-state index is 4.10. The molecule has 74 valence electrons. The highest BCUT2D eigenvalue weighted by molar-refractivity contribution is 5.22. The van der Waals surface area contributed by atoms with E-state index in [9.17, 15) is 0 Å². The molecule has 1 aliphatic carbocycles. The summed E-state index contributed by atoms with van der Waals surface area (Å²) in [5.74, 6) is 0.728. The molecule has 1 aliphatic rings. The second-order valence-corrected chi connectivity index (χ2v) is 3.50. The van der Waals surface area contributed by atoms with E-state index < -0.39 is 0 Å². The third-order valence-corrected chi connectivity index (χ3v) is 2.43. The fraction of sp³-hybridized carbons (Fsp3) is 0.455. The lowest BCUT2D eigenvalue weighted by molar-refractivity contribution is 0.859. The van der Waals surface area contributed by atoms with Crippen molar-refractivity contribution in [3.05, 3.63) is 30.1 Å². The van der Waals surface area contributed by atoms with Gasteiger partial charge in [0.25, 0.3) is 0 Å². The molecule has 2 rings (SSSR count). The highest BCUT2D eigenvalue weighted by Crippen LogP contribution is 2.20. The molecule has 0 saturated heterocycles. The highest BCUT2D eigenvalue weighted by atomic mass is 15.1. The summed E-state index contributed by atoms with van der Waals surface area (Å²) in [5, 5.41) is 3.21. The van der Waals surface area contributed by atoms with Crippen LogP contribution in [0.25, 0.3) is 0 Å². The van der Waals surface area contributed by atoms with Gasteiger partial charge in [0, 0.05) is 18.9 Å². The third kappa shape index (κ3) is 2.55. The molecule has 0 atom stereocenters. The molecule has 3 nitrogen and oxygen atoms in total. The minimum absolute atomic E-state index is 0.728. The Labute approximate surface area is 84.3 Å². The second-order valence-electron chi connectivity index (χ2n) is 3.50. The van der Waals surface area contributed by atoms with Gasteiger partial charge in [-0.05, 0) is 31.7 Å². The molecule has 0 amide bonds. The number of nitrogens with one attached hydrogen (secondary N) is 1. The largest absolute Gasteiger partial charge is 0.354 e. The molecule has 1 aromatic heterocycles. The number of hydrogen-bond acceptors (Lipinski definition) is 3. The lowest BCUT2D eigenvalue weighted by Gasteiger charge is -2.04. The first kappa shape index (κ1) is 9.19. The lowest BCUT2D eigenvalue weighted by Crippen LogP contribution is -2.05. The van der Waals surface area contributed by atoms with Crippen LogP contribution in [0.5, 0.6) is 0 Å². The van der Waals surface area contributed by atoms with Crippen molar-refractivity contribution < 1.29 is 0 Å². The molecule has 0 bridgehead atoms. The van der Waals surface area contributed by atoms with Crippen LogP contribution < -0.4 is 5.32 Å². The Hall–Kier alpha value is -1.38. The van der Waals surface area contributed by atoms with Crippen molar-refractivity contribution in [2.24, 2.45) is 0 Å². The van der Waals surface area contributed by atoms with Gasteiger partial charge in [-0.2, -0.15) is 0 Å². The number of allylic oxidation sites excluding steroid dienone is 1. The Morgan fingerprint density at radius 1 is 1.29 bits per heavy atom. The molecular formula is C11H15N3. The van der Waals surface area contributed by atoms with Crippen LogP contribution in [0.15, 0.2) is 30.1 Å². The number of anilines is 1. The van der Waals surface area contributed by atoms with Crippen molar-refractivity contribution in [2.75, 3.05) is 11.9 Å². The molecule has 0 radical (unpaired) electrons. The fourth-order valence-electron chi connectivity index (χ4n) is 1.69. The van der Waals surface area contributed by atoms with Gasteiger partial charge in [0.15, 0.2) is 0 Å². The van der Waals surface area contributed by atoms with Crippen molar-refractivity contribution in [1.29, 1.82) is 0 Å². The van der Waals surface area contributed by atoms with Crippen LogP contribution in [0.3, 0.4) is 0 Å². The number of rotatable bonds is 4. The zero-order valence-electron chi connectivity index (χ0n) is 8.24. The molecule has 0 spiro atoms. The van der Waals surface area contributed by atoms with Crippen LogP contribution in [0.2, 0.25) is 0 Å². The molecule has 0 aliphatic heterocycles. The van der Waals surface area contributed by atoms with Gasteiger partial charge in [-0.15, -0.1) is 0 Å². The van der Waals surface area contributed by atoms with E-state index in [1.165, 1.54) is 19.3 Å². The molecule has 0 aromatic carbocycles. The average Bonchev–Trinajstić information content (AvgIpc) is 2.72. The van der Waals surface area contributed by atoms with Crippen molar-refractivity contribution in [2.45, 2.75) is 25.7 Å². The predicted molar refractivity (Wildman–Crippen MR) is 57.1 cm³/mol. The van der Waals surface area contributed by atoms with E-state index in [-0.39, 0.29) is 0 Å².